The first-order valence-corrected chi connectivity index (χ1v) is 5.96. The minimum atomic E-state index is 0.143. The van der Waals surface area contributed by atoms with E-state index in [9.17, 15) is 4.79 Å². The van der Waals surface area contributed by atoms with Gasteiger partial charge in [0.25, 0.3) is 0 Å². The molecule has 0 spiro atoms. The molecule has 3 heteroatoms. The topological polar surface area (TPSA) is 43.1 Å². The SMILES string of the molecule is CC(C)CCCC(=O)c1ccc(Cl)c(N)c1. The number of hydrogen-bond donors (Lipinski definition) is 1. The van der Waals surface area contributed by atoms with Gasteiger partial charge in [-0.3, -0.25) is 4.79 Å². The van der Waals surface area contributed by atoms with Crippen LogP contribution in [0.2, 0.25) is 5.02 Å². The second-order valence-corrected chi connectivity index (χ2v) is 4.85. The molecular weight excluding hydrogens is 222 g/mol. The Balaban J connectivity index is 2.56. The van der Waals surface area contributed by atoms with E-state index >= 15 is 0 Å². The predicted molar refractivity (Wildman–Crippen MR) is 68.9 cm³/mol. The molecule has 0 radical (unpaired) electrons. The molecule has 0 atom stereocenters. The third-order valence-corrected chi connectivity index (χ3v) is 2.85. The highest BCUT2D eigenvalue weighted by Crippen LogP contribution is 2.21. The van der Waals surface area contributed by atoms with E-state index < -0.39 is 0 Å². The van der Waals surface area contributed by atoms with E-state index in [-0.39, 0.29) is 5.78 Å². The molecule has 1 aromatic rings. The van der Waals surface area contributed by atoms with Gasteiger partial charge in [0.1, 0.15) is 0 Å². The third kappa shape index (κ3) is 3.86. The van der Waals surface area contributed by atoms with Crippen molar-refractivity contribution in [3.63, 3.8) is 0 Å². The Labute approximate surface area is 102 Å². The highest BCUT2D eigenvalue weighted by Gasteiger charge is 2.07. The van der Waals surface area contributed by atoms with Crippen molar-refractivity contribution < 1.29 is 4.79 Å². The summed E-state index contributed by atoms with van der Waals surface area (Å²) in [6.07, 6.45) is 2.59. The molecule has 0 amide bonds. The number of rotatable bonds is 5. The standard InChI is InChI=1S/C13H18ClNO/c1-9(2)4-3-5-13(16)10-6-7-11(14)12(15)8-10/h6-9H,3-5,15H2,1-2H3. The number of Topliss-reactive ketones (excluding diaryl/α,β-unsaturated/α-hetero) is 1. The molecule has 0 heterocycles. The summed E-state index contributed by atoms with van der Waals surface area (Å²) in [4.78, 5) is 11.8. The highest BCUT2D eigenvalue weighted by atomic mass is 35.5. The lowest BCUT2D eigenvalue weighted by Gasteiger charge is -2.05. The fourth-order valence-electron chi connectivity index (χ4n) is 1.53. The van der Waals surface area contributed by atoms with Crippen molar-refractivity contribution in [2.75, 3.05) is 5.73 Å². The van der Waals surface area contributed by atoms with Gasteiger partial charge >= 0.3 is 0 Å². The van der Waals surface area contributed by atoms with Crippen LogP contribution in [0.5, 0.6) is 0 Å². The first kappa shape index (κ1) is 13.0. The van der Waals surface area contributed by atoms with Crippen LogP contribution in [-0.2, 0) is 0 Å². The van der Waals surface area contributed by atoms with E-state index in [2.05, 4.69) is 13.8 Å². The van der Waals surface area contributed by atoms with Gasteiger partial charge in [-0.1, -0.05) is 31.9 Å². The Morgan fingerprint density at radius 3 is 2.69 bits per heavy atom. The van der Waals surface area contributed by atoms with E-state index in [1.54, 1.807) is 18.2 Å². The number of nitrogens with two attached hydrogens (primary N) is 1. The molecule has 0 saturated heterocycles. The molecule has 0 unspecified atom stereocenters. The van der Waals surface area contributed by atoms with Crippen LogP contribution < -0.4 is 5.73 Å². The van der Waals surface area contributed by atoms with Gasteiger partial charge in [0, 0.05) is 12.0 Å². The van der Waals surface area contributed by atoms with Crippen LogP contribution in [0.15, 0.2) is 18.2 Å². The van der Waals surface area contributed by atoms with Crippen LogP contribution in [0.25, 0.3) is 0 Å². The molecule has 0 aliphatic carbocycles. The molecule has 0 bridgehead atoms. The quantitative estimate of drug-likeness (QED) is 0.625. The first-order valence-electron chi connectivity index (χ1n) is 5.59. The minimum Gasteiger partial charge on any atom is -0.398 e. The summed E-state index contributed by atoms with van der Waals surface area (Å²) >= 11 is 5.79. The fraction of sp³-hybridized carbons (Fsp3) is 0.462. The maximum Gasteiger partial charge on any atom is 0.162 e. The third-order valence-electron chi connectivity index (χ3n) is 2.50. The molecule has 2 N–H and O–H groups in total. The smallest absolute Gasteiger partial charge is 0.162 e. The zero-order chi connectivity index (χ0) is 12.1. The van der Waals surface area contributed by atoms with Crippen LogP contribution in [0.3, 0.4) is 0 Å². The van der Waals surface area contributed by atoms with E-state index in [1.165, 1.54) is 0 Å². The van der Waals surface area contributed by atoms with Crippen molar-refractivity contribution in [3.8, 4) is 0 Å². The minimum absolute atomic E-state index is 0.143. The predicted octanol–water partition coefficient (Wildman–Crippen LogP) is 3.93. The fourth-order valence-corrected chi connectivity index (χ4v) is 1.65. The summed E-state index contributed by atoms with van der Waals surface area (Å²) in [5.74, 6) is 0.784. The summed E-state index contributed by atoms with van der Waals surface area (Å²) in [6, 6.07) is 5.06. The monoisotopic (exact) mass is 239 g/mol. The number of benzene rings is 1. The molecule has 0 aliphatic rings. The van der Waals surface area contributed by atoms with Gasteiger partial charge in [0.2, 0.25) is 0 Å². The van der Waals surface area contributed by atoms with Crippen molar-refractivity contribution in [1.82, 2.24) is 0 Å². The Hall–Kier alpha value is -1.02. The average molecular weight is 240 g/mol. The average Bonchev–Trinajstić information content (AvgIpc) is 2.21. The van der Waals surface area contributed by atoms with Gasteiger partial charge in [-0.15, -0.1) is 0 Å². The molecule has 0 fully saturated rings. The van der Waals surface area contributed by atoms with E-state index in [1.807, 2.05) is 0 Å². The van der Waals surface area contributed by atoms with Crippen molar-refractivity contribution in [2.45, 2.75) is 33.1 Å². The first-order chi connectivity index (χ1) is 7.50. The molecule has 88 valence electrons. The maximum atomic E-state index is 11.8. The van der Waals surface area contributed by atoms with Gasteiger partial charge in [-0.25, -0.2) is 0 Å². The second kappa shape index (κ2) is 5.90. The normalized spacial score (nSPS) is 10.8. The summed E-state index contributed by atoms with van der Waals surface area (Å²) in [5, 5.41) is 0.499. The number of hydrogen-bond acceptors (Lipinski definition) is 2. The number of anilines is 1. The molecule has 1 rings (SSSR count). The zero-order valence-corrected chi connectivity index (χ0v) is 10.6. The van der Waals surface area contributed by atoms with E-state index in [0.717, 1.165) is 12.8 Å². The van der Waals surface area contributed by atoms with Crippen LogP contribution in [0, 0.1) is 5.92 Å². The second-order valence-electron chi connectivity index (χ2n) is 4.45. The van der Waals surface area contributed by atoms with Gasteiger partial charge in [-0.05, 0) is 30.5 Å². The van der Waals surface area contributed by atoms with E-state index in [4.69, 9.17) is 17.3 Å². The van der Waals surface area contributed by atoms with Gasteiger partial charge in [-0.2, -0.15) is 0 Å². The molecule has 0 saturated carbocycles. The number of nitrogen functional groups attached to an aromatic ring is 1. The van der Waals surface area contributed by atoms with Gasteiger partial charge < -0.3 is 5.73 Å². The summed E-state index contributed by atoms with van der Waals surface area (Å²) in [7, 11) is 0. The van der Waals surface area contributed by atoms with Crippen molar-refractivity contribution in [2.24, 2.45) is 5.92 Å². The lowest BCUT2D eigenvalue weighted by atomic mass is 10.0. The highest BCUT2D eigenvalue weighted by molar-refractivity contribution is 6.33. The van der Waals surface area contributed by atoms with Crippen molar-refractivity contribution >= 4 is 23.1 Å². The molecule has 0 aromatic heterocycles. The number of ketones is 1. The van der Waals surface area contributed by atoms with Crippen LogP contribution >= 0.6 is 11.6 Å². The Kier molecular flexibility index (Phi) is 4.81. The molecular formula is C13H18ClNO. The summed E-state index contributed by atoms with van der Waals surface area (Å²) in [6.45, 7) is 4.31. The maximum absolute atomic E-state index is 11.8. The lowest BCUT2D eigenvalue weighted by molar-refractivity contribution is 0.0978. The molecule has 1 aromatic carbocycles. The summed E-state index contributed by atoms with van der Waals surface area (Å²) in [5.41, 5.74) is 6.78. The van der Waals surface area contributed by atoms with Crippen molar-refractivity contribution in [3.05, 3.63) is 28.8 Å². The number of carbonyl (C=O) groups is 1. The van der Waals surface area contributed by atoms with E-state index in [0.29, 0.717) is 28.6 Å². The Morgan fingerprint density at radius 1 is 1.44 bits per heavy atom. The Morgan fingerprint density at radius 2 is 2.12 bits per heavy atom. The van der Waals surface area contributed by atoms with Crippen LogP contribution in [0.4, 0.5) is 5.69 Å². The number of halogens is 1. The lowest BCUT2D eigenvalue weighted by Crippen LogP contribution is -2.01. The van der Waals surface area contributed by atoms with Gasteiger partial charge in [0.15, 0.2) is 5.78 Å². The zero-order valence-electron chi connectivity index (χ0n) is 9.79. The number of carbonyl (C=O) groups excluding carboxylic acids is 1. The van der Waals surface area contributed by atoms with Gasteiger partial charge in [0.05, 0.1) is 10.7 Å². The largest absolute Gasteiger partial charge is 0.398 e. The van der Waals surface area contributed by atoms with Crippen LogP contribution in [-0.4, -0.2) is 5.78 Å². The van der Waals surface area contributed by atoms with Crippen LogP contribution in [0.1, 0.15) is 43.5 Å². The molecule has 16 heavy (non-hydrogen) atoms. The Bertz CT molecular complexity index is 374. The molecule has 0 aliphatic heterocycles. The van der Waals surface area contributed by atoms with Crippen molar-refractivity contribution in [1.29, 1.82) is 0 Å². The molecule has 2 nitrogen and oxygen atoms in total. The summed E-state index contributed by atoms with van der Waals surface area (Å²) < 4.78 is 0.